The summed E-state index contributed by atoms with van der Waals surface area (Å²) in [6.45, 7) is 3.15. The number of aliphatic hydroxyl groups excluding tert-OH is 1. The van der Waals surface area contributed by atoms with E-state index in [1.807, 2.05) is 18.8 Å². The zero-order chi connectivity index (χ0) is 14.5. The van der Waals surface area contributed by atoms with Gasteiger partial charge in [0.25, 0.3) is 0 Å². The third-order valence-corrected chi connectivity index (χ3v) is 3.72. The number of methoxy groups -OCH3 is 1. The second-order valence-corrected chi connectivity index (χ2v) is 5.61. The maximum absolute atomic E-state index is 10.5. The first-order chi connectivity index (χ1) is 9.61. The van der Waals surface area contributed by atoms with Gasteiger partial charge in [0, 0.05) is 19.8 Å². The van der Waals surface area contributed by atoms with Gasteiger partial charge in [-0.1, -0.05) is 0 Å². The van der Waals surface area contributed by atoms with Crippen molar-refractivity contribution in [3.8, 4) is 5.75 Å². The second-order valence-electron chi connectivity index (χ2n) is 5.61. The van der Waals surface area contributed by atoms with Crippen LogP contribution in [-0.2, 0) is 11.3 Å². The van der Waals surface area contributed by atoms with E-state index < -0.39 is 6.10 Å². The minimum Gasteiger partial charge on any atom is -0.493 e. The molecular weight excluding hydrogens is 258 g/mol. The van der Waals surface area contributed by atoms with E-state index in [0.29, 0.717) is 18.1 Å². The van der Waals surface area contributed by atoms with Crippen molar-refractivity contribution in [2.24, 2.45) is 5.92 Å². The van der Waals surface area contributed by atoms with Crippen molar-refractivity contribution in [1.82, 2.24) is 14.7 Å². The molecule has 1 N–H and O–H groups in total. The SMILES string of the molecule is COc1cnn(CCN(C)C)c1C(O)CC1CCOC1. The molecule has 6 nitrogen and oxygen atoms in total. The Morgan fingerprint density at radius 2 is 2.40 bits per heavy atom. The highest BCUT2D eigenvalue weighted by Crippen LogP contribution is 2.31. The lowest BCUT2D eigenvalue weighted by atomic mass is 9.99. The Kier molecular flexibility index (Phi) is 5.39. The van der Waals surface area contributed by atoms with Crippen LogP contribution in [-0.4, -0.2) is 60.8 Å². The maximum atomic E-state index is 10.5. The maximum Gasteiger partial charge on any atom is 0.162 e. The Morgan fingerprint density at radius 3 is 3.00 bits per heavy atom. The molecule has 1 aliphatic rings. The van der Waals surface area contributed by atoms with E-state index in [1.54, 1.807) is 13.3 Å². The molecule has 0 aliphatic carbocycles. The van der Waals surface area contributed by atoms with Gasteiger partial charge in [-0.15, -0.1) is 0 Å². The van der Waals surface area contributed by atoms with Crippen molar-refractivity contribution in [1.29, 1.82) is 0 Å². The lowest BCUT2D eigenvalue weighted by Crippen LogP contribution is -2.21. The minimum absolute atomic E-state index is 0.423. The average Bonchev–Trinajstić information content (AvgIpc) is 3.04. The highest BCUT2D eigenvalue weighted by molar-refractivity contribution is 5.27. The molecule has 2 rings (SSSR count). The summed E-state index contributed by atoms with van der Waals surface area (Å²) in [4.78, 5) is 2.09. The van der Waals surface area contributed by atoms with Crippen molar-refractivity contribution in [2.75, 3.05) is 41.0 Å². The van der Waals surface area contributed by atoms with E-state index in [9.17, 15) is 5.11 Å². The summed E-state index contributed by atoms with van der Waals surface area (Å²) in [7, 11) is 5.65. The molecule has 0 aromatic carbocycles. The van der Waals surface area contributed by atoms with Crippen molar-refractivity contribution in [3.05, 3.63) is 11.9 Å². The number of nitrogens with zero attached hydrogens (tertiary/aromatic N) is 3. The molecule has 0 spiro atoms. The van der Waals surface area contributed by atoms with Gasteiger partial charge in [0.15, 0.2) is 5.75 Å². The lowest BCUT2D eigenvalue weighted by Gasteiger charge is -2.18. The second kappa shape index (κ2) is 7.06. The van der Waals surface area contributed by atoms with Gasteiger partial charge >= 0.3 is 0 Å². The largest absolute Gasteiger partial charge is 0.493 e. The van der Waals surface area contributed by atoms with Crippen LogP contribution in [0.2, 0.25) is 0 Å². The Bertz CT molecular complexity index is 414. The van der Waals surface area contributed by atoms with Gasteiger partial charge < -0.3 is 19.5 Å². The average molecular weight is 283 g/mol. The molecule has 1 fully saturated rings. The molecule has 1 aliphatic heterocycles. The first-order valence-corrected chi connectivity index (χ1v) is 7.12. The Morgan fingerprint density at radius 1 is 1.60 bits per heavy atom. The molecule has 20 heavy (non-hydrogen) atoms. The molecule has 6 heteroatoms. The smallest absolute Gasteiger partial charge is 0.162 e. The number of aromatic nitrogens is 2. The molecule has 0 saturated carbocycles. The molecule has 0 radical (unpaired) electrons. The van der Waals surface area contributed by atoms with E-state index >= 15 is 0 Å². The van der Waals surface area contributed by atoms with Crippen molar-refractivity contribution >= 4 is 0 Å². The summed E-state index contributed by atoms with van der Waals surface area (Å²) in [5, 5.41) is 14.8. The number of hydrogen-bond donors (Lipinski definition) is 1. The van der Waals surface area contributed by atoms with Gasteiger partial charge in [-0.2, -0.15) is 5.10 Å². The van der Waals surface area contributed by atoms with E-state index in [-0.39, 0.29) is 0 Å². The monoisotopic (exact) mass is 283 g/mol. The quantitative estimate of drug-likeness (QED) is 0.806. The van der Waals surface area contributed by atoms with E-state index in [0.717, 1.165) is 38.4 Å². The number of hydrogen-bond acceptors (Lipinski definition) is 5. The summed E-state index contributed by atoms with van der Waals surface area (Å²) >= 11 is 0. The molecule has 1 aromatic heterocycles. The number of ether oxygens (including phenoxy) is 2. The Balaban J connectivity index is 2.07. The summed E-state index contributed by atoms with van der Waals surface area (Å²) in [6, 6.07) is 0. The predicted molar refractivity (Wildman–Crippen MR) is 75.8 cm³/mol. The summed E-state index contributed by atoms with van der Waals surface area (Å²) < 4.78 is 12.5. The predicted octanol–water partition coefficient (Wildman–Crippen LogP) is 0.913. The van der Waals surface area contributed by atoms with E-state index in [2.05, 4.69) is 10.00 Å². The van der Waals surface area contributed by atoms with Crippen molar-refractivity contribution in [2.45, 2.75) is 25.5 Å². The summed E-state index contributed by atoms with van der Waals surface area (Å²) in [5.41, 5.74) is 0.779. The highest BCUT2D eigenvalue weighted by atomic mass is 16.5. The normalized spacial score (nSPS) is 20.6. The molecule has 1 saturated heterocycles. The zero-order valence-corrected chi connectivity index (χ0v) is 12.6. The van der Waals surface area contributed by atoms with Crippen LogP contribution in [0.25, 0.3) is 0 Å². The molecule has 0 amide bonds. The van der Waals surface area contributed by atoms with Gasteiger partial charge in [0.2, 0.25) is 0 Å². The fourth-order valence-electron chi connectivity index (χ4n) is 2.54. The Hall–Kier alpha value is -1.11. The third kappa shape index (κ3) is 3.71. The highest BCUT2D eigenvalue weighted by Gasteiger charge is 2.25. The standard InChI is InChI=1S/C14H25N3O3/c1-16(2)5-6-17-14(13(19-3)9-15-17)12(18)8-11-4-7-20-10-11/h9,11-12,18H,4-8,10H2,1-3H3. The molecule has 0 bridgehead atoms. The molecule has 2 heterocycles. The lowest BCUT2D eigenvalue weighted by molar-refractivity contribution is 0.119. The summed E-state index contributed by atoms with van der Waals surface area (Å²) in [6.07, 6.45) is 2.84. The number of rotatable bonds is 7. The van der Waals surface area contributed by atoms with Crippen LogP contribution in [0.5, 0.6) is 5.75 Å². The van der Waals surface area contributed by atoms with Gasteiger partial charge in [-0.3, -0.25) is 4.68 Å². The van der Waals surface area contributed by atoms with Gasteiger partial charge in [-0.25, -0.2) is 0 Å². The van der Waals surface area contributed by atoms with Crippen LogP contribution in [0.15, 0.2) is 6.20 Å². The third-order valence-electron chi connectivity index (χ3n) is 3.72. The first kappa shape index (κ1) is 15.3. The van der Waals surface area contributed by atoms with Crippen LogP contribution in [0.1, 0.15) is 24.6 Å². The molecule has 2 unspecified atom stereocenters. The van der Waals surface area contributed by atoms with Crippen LogP contribution < -0.4 is 4.74 Å². The minimum atomic E-state index is -0.554. The van der Waals surface area contributed by atoms with Crippen LogP contribution >= 0.6 is 0 Å². The van der Waals surface area contributed by atoms with Gasteiger partial charge in [0.05, 0.1) is 26.0 Å². The Labute approximate surface area is 120 Å². The first-order valence-electron chi connectivity index (χ1n) is 7.12. The topological polar surface area (TPSA) is 59.8 Å². The molecule has 2 atom stereocenters. The molecular formula is C14H25N3O3. The van der Waals surface area contributed by atoms with Crippen LogP contribution in [0.3, 0.4) is 0 Å². The van der Waals surface area contributed by atoms with E-state index in [1.165, 1.54) is 0 Å². The number of likely N-dealkylation sites (N-methyl/N-ethyl adjacent to an activating group) is 1. The van der Waals surface area contributed by atoms with Crippen LogP contribution in [0, 0.1) is 5.92 Å². The fourth-order valence-corrected chi connectivity index (χ4v) is 2.54. The fraction of sp³-hybridized carbons (Fsp3) is 0.786. The van der Waals surface area contributed by atoms with E-state index in [4.69, 9.17) is 9.47 Å². The van der Waals surface area contributed by atoms with Crippen LogP contribution in [0.4, 0.5) is 0 Å². The number of aliphatic hydroxyl groups is 1. The zero-order valence-electron chi connectivity index (χ0n) is 12.6. The van der Waals surface area contributed by atoms with Crippen molar-refractivity contribution < 1.29 is 14.6 Å². The summed E-state index contributed by atoms with van der Waals surface area (Å²) in [5.74, 6) is 1.09. The van der Waals surface area contributed by atoms with Crippen molar-refractivity contribution in [3.63, 3.8) is 0 Å². The molecule has 114 valence electrons. The van der Waals surface area contributed by atoms with Gasteiger partial charge in [-0.05, 0) is 32.9 Å². The van der Waals surface area contributed by atoms with Gasteiger partial charge in [0.1, 0.15) is 5.69 Å². The molecule has 1 aromatic rings.